The summed E-state index contributed by atoms with van der Waals surface area (Å²) in [5, 5.41) is 0. The van der Waals surface area contributed by atoms with Gasteiger partial charge in [-0.3, -0.25) is 0 Å². The van der Waals surface area contributed by atoms with Crippen LogP contribution in [-0.4, -0.2) is 23.0 Å². The highest BCUT2D eigenvalue weighted by atomic mass is 19.1. The van der Waals surface area contributed by atoms with Gasteiger partial charge in [0.2, 0.25) is 0 Å². The zero-order chi connectivity index (χ0) is 15.5. The van der Waals surface area contributed by atoms with Gasteiger partial charge >= 0.3 is 0 Å². The van der Waals surface area contributed by atoms with Gasteiger partial charge in [0, 0.05) is 24.7 Å². The minimum absolute atomic E-state index is 0.281. The second-order valence-electron chi connectivity index (χ2n) is 5.15. The molecule has 3 rings (SSSR count). The Morgan fingerprint density at radius 1 is 1.27 bits per heavy atom. The summed E-state index contributed by atoms with van der Waals surface area (Å²) in [4.78, 5) is 4.62. The fraction of sp³-hybridized carbons (Fsp3) is 0.235. The van der Waals surface area contributed by atoms with Crippen molar-refractivity contribution in [3.8, 4) is 5.75 Å². The first-order valence-corrected chi connectivity index (χ1v) is 7.19. The number of nitrogens with two attached hydrogens (primary N) is 1. The zero-order valence-electron chi connectivity index (χ0n) is 12.4. The molecule has 1 aromatic carbocycles. The fourth-order valence-electron chi connectivity index (χ4n) is 2.63. The molecule has 0 saturated heterocycles. The summed E-state index contributed by atoms with van der Waals surface area (Å²) >= 11 is 0. The second-order valence-corrected chi connectivity index (χ2v) is 5.15. The molecule has 0 aliphatic carbocycles. The lowest BCUT2D eigenvalue weighted by atomic mass is 10.1. The Hall–Kier alpha value is -2.40. The number of ether oxygens (including phenoxy) is 1. The molecule has 2 aromatic heterocycles. The Balaban J connectivity index is 2.03. The number of fused-ring (bicyclic) bond motifs is 1. The monoisotopic (exact) mass is 299 g/mol. The number of benzene rings is 1. The maximum atomic E-state index is 13.5. The number of halogens is 1. The molecule has 3 aromatic rings. The smallest absolute Gasteiger partial charge is 0.139 e. The molecule has 22 heavy (non-hydrogen) atoms. The molecule has 0 saturated carbocycles. The number of nitrogens with zero attached hydrogens (tertiary/aromatic N) is 2. The topological polar surface area (TPSA) is 52.5 Å². The van der Waals surface area contributed by atoms with Crippen molar-refractivity contribution >= 4 is 5.65 Å². The SMILES string of the molecule is COc1cccc(Cc2nc3ccc(F)cn3c2CCN)c1. The maximum absolute atomic E-state index is 13.5. The van der Waals surface area contributed by atoms with E-state index in [4.69, 9.17) is 10.5 Å². The van der Waals surface area contributed by atoms with E-state index in [9.17, 15) is 4.39 Å². The second kappa shape index (κ2) is 6.15. The third-order valence-corrected chi connectivity index (χ3v) is 3.65. The number of hydrogen-bond acceptors (Lipinski definition) is 3. The van der Waals surface area contributed by atoms with Crippen LogP contribution in [0.1, 0.15) is 17.0 Å². The van der Waals surface area contributed by atoms with Crippen LogP contribution in [0.15, 0.2) is 42.6 Å². The summed E-state index contributed by atoms with van der Waals surface area (Å²) in [6.45, 7) is 0.495. The van der Waals surface area contributed by atoms with Crippen LogP contribution in [0.5, 0.6) is 5.75 Å². The Labute approximate surface area is 128 Å². The molecule has 5 heteroatoms. The van der Waals surface area contributed by atoms with Crippen LogP contribution in [0, 0.1) is 5.82 Å². The van der Waals surface area contributed by atoms with Crippen LogP contribution < -0.4 is 10.5 Å². The molecule has 0 radical (unpaired) electrons. The first-order chi connectivity index (χ1) is 10.7. The fourth-order valence-corrected chi connectivity index (χ4v) is 2.63. The van der Waals surface area contributed by atoms with Crippen LogP contribution in [0.3, 0.4) is 0 Å². The summed E-state index contributed by atoms with van der Waals surface area (Å²) in [6, 6.07) is 11.0. The molecule has 114 valence electrons. The average molecular weight is 299 g/mol. The third kappa shape index (κ3) is 2.80. The standard InChI is InChI=1S/C17H18FN3O/c1-22-14-4-2-3-12(9-14)10-15-16(7-8-19)21-11-13(18)5-6-17(21)20-15/h2-6,9,11H,7-8,10,19H2,1H3. The number of pyridine rings is 1. The van der Waals surface area contributed by atoms with Crippen LogP contribution in [0.4, 0.5) is 4.39 Å². The van der Waals surface area contributed by atoms with E-state index in [0.717, 1.165) is 28.3 Å². The molecule has 2 N–H and O–H groups in total. The summed E-state index contributed by atoms with van der Waals surface area (Å²) in [5.41, 5.74) is 9.42. The van der Waals surface area contributed by atoms with Gasteiger partial charge < -0.3 is 14.9 Å². The van der Waals surface area contributed by atoms with Crippen LogP contribution in [0.2, 0.25) is 0 Å². The molecule has 0 atom stereocenters. The van der Waals surface area contributed by atoms with Crippen molar-refractivity contribution in [1.82, 2.24) is 9.38 Å². The minimum Gasteiger partial charge on any atom is -0.497 e. The molecule has 4 nitrogen and oxygen atoms in total. The highest BCUT2D eigenvalue weighted by molar-refractivity contribution is 5.45. The van der Waals surface area contributed by atoms with E-state index in [0.29, 0.717) is 19.4 Å². The van der Waals surface area contributed by atoms with Gasteiger partial charge in [0.05, 0.1) is 12.8 Å². The quantitative estimate of drug-likeness (QED) is 0.788. The van der Waals surface area contributed by atoms with Crippen LogP contribution in [-0.2, 0) is 12.8 Å². The number of methoxy groups -OCH3 is 1. The lowest BCUT2D eigenvalue weighted by molar-refractivity contribution is 0.414. The predicted octanol–water partition coefficient (Wildman–Crippen LogP) is 2.57. The lowest BCUT2D eigenvalue weighted by Crippen LogP contribution is -2.08. The normalized spacial score (nSPS) is 11.0. The van der Waals surface area contributed by atoms with E-state index >= 15 is 0 Å². The highest BCUT2D eigenvalue weighted by Crippen LogP contribution is 2.20. The van der Waals surface area contributed by atoms with E-state index in [1.54, 1.807) is 17.6 Å². The van der Waals surface area contributed by atoms with E-state index in [2.05, 4.69) is 4.98 Å². The van der Waals surface area contributed by atoms with E-state index in [1.165, 1.54) is 12.3 Å². The molecule has 0 aliphatic rings. The summed E-state index contributed by atoms with van der Waals surface area (Å²) in [7, 11) is 1.65. The molecule has 0 amide bonds. The number of rotatable bonds is 5. The zero-order valence-corrected chi connectivity index (χ0v) is 12.4. The maximum Gasteiger partial charge on any atom is 0.139 e. The van der Waals surface area contributed by atoms with Gasteiger partial charge in [0.25, 0.3) is 0 Å². The van der Waals surface area contributed by atoms with Crippen molar-refractivity contribution in [2.75, 3.05) is 13.7 Å². The minimum atomic E-state index is -0.281. The van der Waals surface area contributed by atoms with Crippen molar-refractivity contribution in [2.24, 2.45) is 5.73 Å². The van der Waals surface area contributed by atoms with Crippen molar-refractivity contribution < 1.29 is 9.13 Å². The van der Waals surface area contributed by atoms with Gasteiger partial charge in [0.15, 0.2) is 0 Å². The first-order valence-electron chi connectivity index (χ1n) is 7.19. The molecule has 2 heterocycles. The van der Waals surface area contributed by atoms with E-state index in [-0.39, 0.29) is 5.82 Å². The van der Waals surface area contributed by atoms with E-state index < -0.39 is 0 Å². The molecule has 0 fully saturated rings. The summed E-state index contributed by atoms with van der Waals surface area (Å²) in [5.74, 6) is 0.531. The molecule has 0 unspecified atom stereocenters. The molecule has 0 spiro atoms. The Bertz CT molecular complexity index is 798. The van der Waals surface area contributed by atoms with Crippen molar-refractivity contribution in [2.45, 2.75) is 12.8 Å². The summed E-state index contributed by atoms with van der Waals surface area (Å²) < 4.78 is 20.5. The predicted molar refractivity (Wildman–Crippen MR) is 83.7 cm³/mol. The Morgan fingerprint density at radius 2 is 2.14 bits per heavy atom. The third-order valence-electron chi connectivity index (χ3n) is 3.65. The van der Waals surface area contributed by atoms with Gasteiger partial charge in [-0.1, -0.05) is 12.1 Å². The first kappa shape index (κ1) is 14.5. The van der Waals surface area contributed by atoms with Gasteiger partial charge in [-0.15, -0.1) is 0 Å². The van der Waals surface area contributed by atoms with E-state index in [1.807, 2.05) is 24.3 Å². The van der Waals surface area contributed by atoms with Crippen molar-refractivity contribution in [3.63, 3.8) is 0 Å². The van der Waals surface area contributed by atoms with Gasteiger partial charge in [0.1, 0.15) is 17.2 Å². The molecule has 0 bridgehead atoms. The Morgan fingerprint density at radius 3 is 2.91 bits per heavy atom. The van der Waals surface area contributed by atoms with Gasteiger partial charge in [-0.2, -0.15) is 0 Å². The molecular formula is C17H18FN3O. The lowest BCUT2D eigenvalue weighted by Gasteiger charge is -2.06. The number of imidazole rings is 1. The van der Waals surface area contributed by atoms with Crippen molar-refractivity contribution in [1.29, 1.82) is 0 Å². The number of hydrogen-bond donors (Lipinski definition) is 1. The van der Waals surface area contributed by atoms with Crippen LogP contribution >= 0.6 is 0 Å². The van der Waals surface area contributed by atoms with Gasteiger partial charge in [-0.05, 0) is 36.4 Å². The molecule has 0 aliphatic heterocycles. The van der Waals surface area contributed by atoms with Gasteiger partial charge in [-0.25, -0.2) is 9.37 Å². The average Bonchev–Trinajstić information content (AvgIpc) is 2.85. The highest BCUT2D eigenvalue weighted by Gasteiger charge is 2.13. The Kier molecular flexibility index (Phi) is 4.06. The largest absolute Gasteiger partial charge is 0.497 e. The number of aromatic nitrogens is 2. The van der Waals surface area contributed by atoms with Crippen molar-refractivity contribution in [3.05, 3.63) is 65.4 Å². The van der Waals surface area contributed by atoms with Crippen LogP contribution in [0.25, 0.3) is 5.65 Å². The molecular weight excluding hydrogens is 281 g/mol. The summed E-state index contributed by atoms with van der Waals surface area (Å²) in [6.07, 6.45) is 2.78.